The average molecular weight is 290 g/mol. The van der Waals surface area contributed by atoms with E-state index in [0.29, 0.717) is 5.56 Å². The number of aromatic nitrogens is 1. The van der Waals surface area contributed by atoms with Crippen LogP contribution < -0.4 is 0 Å². The molecule has 2 aromatic rings. The number of hydrogen-bond donors (Lipinski definition) is 0. The van der Waals surface area contributed by atoms with Crippen LogP contribution in [0.15, 0.2) is 24.3 Å². The summed E-state index contributed by atoms with van der Waals surface area (Å²) in [5.41, 5.74) is 2.60. The molecule has 0 radical (unpaired) electrons. The molecule has 0 amide bonds. The van der Waals surface area contributed by atoms with Crippen molar-refractivity contribution < 1.29 is 4.79 Å². The Morgan fingerprint density at radius 1 is 1.15 bits per heavy atom. The minimum atomic E-state index is 0.278. The summed E-state index contributed by atoms with van der Waals surface area (Å²) in [6, 6.07) is 8.02. The van der Waals surface area contributed by atoms with Crippen molar-refractivity contribution in [1.29, 1.82) is 0 Å². The fourth-order valence-corrected chi connectivity index (χ4v) is 2.58. The summed E-state index contributed by atoms with van der Waals surface area (Å²) in [6.07, 6.45) is 8.25. The van der Waals surface area contributed by atoms with E-state index in [1.807, 2.05) is 12.1 Å². The number of rotatable bonds is 7. The third-order valence-corrected chi connectivity index (χ3v) is 3.86. The van der Waals surface area contributed by atoms with E-state index in [4.69, 9.17) is 11.6 Å². The Balaban J connectivity index is 2.08. The summed E-state index contributed by atoms with van der Waals surface area (Å²) >= 11 is 5.93. The van der Waals surface area contributed by atoms with E-state index in [-0.39, 0.29) is 5.15 Å². The summed E-state index contributed by atoms with van der Waals surface area (Å²) in [4.78, 5) is 15.1. The van der Waals surface area contributed by atoms with Gasteiger partial charge in [0.15, 0.2) is 6.29 Å². The van der Waals surface area contributed by atoms with Gasteiger partial charge in [-0.05, 0) is 36.6 Å². The molecule has 0 bridgehead atoms. The van der Waals surface area contributed by atoms with Crippen LogP contribution >= 0.6 is 11.6 Å². The minimum absolute atomic E-state index is 0.278. The predicted molar refractivity (Wildman–Crippen MR) is 84.6 cm³/mol. The lowest BCUT2D eigenvalue weighted by Gasteiger charge is -2.05. The highest BCUT2D eigenvalue weighted by molar-refractivity contribution is 6.32. The maximum Gasteiger partial charge on any atom is 0.153 e. The van der Waals surface area contributed by atoms with E-state index in [1.54, 1.807) is 0 Å². The van der Waals surface area contributed by atoms with Crippen molar-refractivity contribution in [2.24, 2.45) is 0 Å². The van der Waals surface area contributed by atoms with E-state index in [2.05, 4.69) is 24.0 Å². The topological polar surface area (TPSA) is 30.0 Å². The Morgan fingerprint density at radius 3 is 2.70 bits per heavy atom. The van der Waals surface area contributed by atoms with Gasteiger partial charge in [0.1, 0.15) is 5.15 Å². The summed E-state index contributed by atoms with van der Waals surface area (Å²) in [6.45, 7) is 2.23. The van der Waals surface area contributed by atoms with Crippen LogP contribution in [0.5, 0.6) is 0 Å². The number of pyridine rings is 1. The molecule has 0 unspecified atom stereocenters. The molecule has 106 valence electrons. The molecule has 1 aromatic carbocycles. The second-order valence-electron chi connectivity index (χ2n) is 5.18. The van der Waals surface area contributed by atoms with Gasteiger partial charge in [-0.2, -0.15) is 0 Å². The summed E-state index contributed by atoms with van der Waals surface area (Å²) < 4.78 is 0. The van der Waals surface area contributed by atoms with E-state index in [0.717, 1.165) is 23.6 Å². The minimum Gasteiger partial charge on any atom is -0.298 e. The molecule has 0 aliphatic rings. The van der Waals surface area contributed by atoms with Gasteiger partial charge in [-0.15, -0.1) is 0 Å². The molecular weight excluding hydrogens is 270 g/mol. The van der Waals surface area contributed by atoms with Gasteiger partial charge in [-0.1, -0.05) is 50.3 Å². The average Bonchev–Trinajstić information content (AvgIpc) is 2.46. The third kappa shape index (κ3) is 3.80. The van der Waals surface area contributed by atoms with Crippen molar-refractivity contribution in [1.82, 2.24) is 4.98 Å². The molecule has 1 heterocycles. The maximum absolute atomic E-state index is 10.9. The Bertz CT molecular complexity index is 595. The highest BCUT2D eigenvalue weighted by Gasteiger charge is 2.05. The summed E-state index contributed by atoms with van der Waals surface area (Å²) in [7, 11) is 0. The van der Waals surface area contributed by atoms with Crippen LogP contribution in [-0.2, 0) is 6.42 Å². The Labute approximate surface area is 125 Å². The molecule has 1 aromatic heterocycles. The van der Waals surface area contributed by atoms with Crippen LogP contribution in [0, 0.1) is 0 Å². The SMILES string of the molecule is CCCCCCCc1ccc2nc(Cl)c(C=O)cc2c1. The van der Waals surface area contributed by atoms with Gasteiger partial charge < -0.3 is 0 Å². The second-order valence-corrected chi connectivity index (χ2v) is 5.54. The molecule has 20 heavy (non-hydrogen) atoms. The van der Waals surface area contributed by atoms with Crippen molar-refractivity contribution >= 4 is 28.8 Å². The first-order valence-electron chi connectivity index (χ1n) is 7.29. The predicted octanol–water partition coefficient (Wildman–Crippen LogP) is 5.21. The smallest absolute Gasteiger partial charge is 0.153 e. The van der Waals surface area contributed by atoms with E-state index >= 15 is 0 Å². The van der Waals surface area contributed by atoms with Gasteiger partial charge in [-0.25, -0.2) is 4.98 Å². The quantitative estimate of drug-likeness (QED) is 0.398. The van der Waals surface area contributed by atoms with Gasteiger partial charge >= 0.3 is 0 Å². The first kappa shape index (κ1) is 15.0. The van der Waals surface area contributed by atoms with Crippen molar-refractivity contribution in [3.05, 3.63) is 40.5 Å². The van der Waals surface area contributed by atoms with Crippen molar-refractivity contribution in [3.8, 4) is 0 Å². The zero-order valence-corrected chi connectivity index (χ0v) is 12.6. The fraction of sp³-hybridized carbons (Fsp3) is 0.412. The fourth-order valence-electron chi connectivity index (χ4n) is 2.39. The van der Waals surface area contributed by atoms with Crippen molar-refractivity contribution in [2.45, 2.75) is 45.4 Å². The molecule has 3 heteroatoms. The lowest BCUT2D eigenvalue weighted by Crippen LogP contribution is -1.91. The van der Waals surface area contributed by atoms with Crippen molar-refractivity contribution in [3.63, 3.8) is 0 Å². The van der Waals surface area contributed by atoms with Gasteiger partial charge in [0.25, 0.3) is 0 Å². The first-order valence-corrected chi connectivity index (χ1v) is 7.66. The number of halogens is 1. The molecule has 2 nitrogen and oxygen atoms in total. The van der Waals surface area contributed by atoms with Crippen LogP contribution in [-0.4, -0.2) is 11.3 Å². The molecule has 0 aliphatic heterocycles. The molecule has 0 saturated heterocycles. The lowest BCUT2D eigenvalue weighted by molar-refractivity contribution is 0.112. The van der Waals surface area contributed by atoms with Crippen molar-refractivity contribution in [2.75, 3.05) is 0 Å². The Kier molecular flexibility index (Phi) is 5.54. The van der Waals surface area contributed by atoms with Crippen LogP contribution in [0.1, 0.15) is 54.9 Å². The van der Waals surface area contributed by atoms with Crippen LogP contribution in [0.3, 0.4) is 0 Å². The van der Waals surface area contributed by atoms with Gasteiger partial charge in [0.2, 0.25) is 0 Å². The molecule has 0 saturated carbocycles. The van der Waals surface area contributed by atoms with Crippen LogP contribution in [0.2, 0.25) is 5.15 Å². The molecule has 0 atom stereocenters. The molecule has 0 N–H and O–H groups in total. The molecule has 0 spiro atoms. The van der Waals surface area contributed by atoms with Crippen LogP contribution in [0.25, 0.3) is 10.9 Å². The number of hydrogen-bond acceptors (Lipinski definition) is 2. The maximum atomic E-state index is 10.9. The number of unbranched alkanes of at least 4 members (excludes halogenated alkanes) is 4. The Morgan fingerprint density at radius 2 is 1.95 bits per heavy atom. The molecule has 2 rings (SSSR count). The van der Waals surface area contributed by atoms with Gasteiger partial charge in [0.05, 0.1) is 11.1 Å². The van der Waals surface area contributed by atoms with E-state index in [1.165, 1.54) is 37.7 Å². The highest BCUT2D eigenvalue weighted by atomic mass is 35.5. The normalized spacial score (nSPS) is 10.9. The second kappa shape index (κ2) is 7.39. The summed E-state index contributed by atoms with van der Waals surface area (Å²) in [5.74, 6) is 0. The number of nitrogens with zero attached hydrogens (tertiary/aromatic N) is 1. The highest BCUT2D eigenvalue weighted by Crippen LogP contribution is 2.21. The van der Waals surface area contributed by atoms with Crippen LogP contribution in [0.4, 0.5) is 0 Å². The number of fused-ring (bicyclic) bond motifs is 1. The zero-order chi connectivity index (χ0) is 14.4. The molecule has 0 aliphatic carbocycles. The molecule has 0 fully saturated rings. The largest absolute Gasteiger partial charge is 0.298 e. The number of aryl methyl sites for hydroxylation is 1. The van der Waals surface area contributed by atoms with E-state index < -0.39 is 0 Å². The number of carbonyl (C=O) groups excluding carboxylic acids is 1. The standard InChI is InChI=1S/C17H20ClNO/c1-2-3-4-5-6-7-13-8-9-16-14(10-13)11-15(12-20)17(18)19-16/h8-12H,2-7H2,1H3. The first-order chi connectivity index (χ1) is 9.74. The third-order valence-electron chi connectivity index (χ3n) is 3.56. The number of benzene rings is 1. The zero-order valence-electron chi connectivity index (χ0n) is 11.9. The van der Waals surface area contributed by atoms with Gasteiger partial charge in [-0.3, -0.25) is 4.79 Å². The Hall–Kier alpha value is -1.41. The number of aldehydes is 1. The van der Waals surface area contributed by atoms with Gasteiger partial charge in [0, 0.05) is 5.39 Å². The lowest BCUT2D eigenvalue weighted by atomic mass is 10.0. The van der Waals surface area contributed by atoms with E-state index in [9.17, 15) is 4.79 Å². The number of carbonyl (C=O) groups is 1. The summed E-state index contributed by atoms with van der Waals surface area (Å²) in [5, 5.41) is 1.27. The monoisotopic (exact) mass is 289 g/mol. The molecular formula is C17H20ClNO.